The van der Waals surface area contributed by atoms with Crippen molar-refractivity contribution in [2.75, 3.05) is 32.1 Å². The number of fused-ring (bicyclic) bond motifs is 1. The number of aromatic nitrogens is 3. The molecule has 0 radical (unpaired) electrons. The first-order valence-electron chi connectivity index (χ1n) is 7.13. The lowest BCUT2D eigenvalue weighted by Crippen LogP contribution is -2.18. The average Bonchev–Trinajstić information content (AvgIpc) is 2.89. The molecule has 0 spiro atoms. The van der Waals surface area contributed by atoms with Gasteiger partial charge in [0.25, 0.3) is 0 Å². The van der Waals surface area contributed by atoms with Crippen LogP contribution in [0.3, 0.4) is 0 Å². The minimum absolute atomic E-state index is 0.816. The van der Waals surface area contributed by atoms with Gasteiger partial charge >= 0.3 is 0 Å². The van der Waals surface area contributed by atoms with E-state index in [1.165, 1.54) is 6.42 Å². The van der Waals surface area contributed by atoms with Crippen molar-refractivity contribution in [3.63, 3.8) is 0 Å². The Kier molecular flexibility index (Phi) is 6.83. The Hall–Kier alpha value is -1.11. The van der Waals surface area contributed by atoms with E-state index in [0.29, 0.717) is 0 Å². The summed E-state index contributed by atoms with van der Waals surface area (Å²) in [7, 11) is 0. The Morgan fingerprint density at radius 3 is 3.10 bits per heavy atom. The summed E-state index contributed by atoms with van der Waals surface area (Å²) in [4.78, 5) is 0. The highest BCUT2D eigenvalue weighted by Crippen LogP contribution is 2.15. The van der Waals surface area contributed by atoms with Crippen molar-refractivity contribution in [1.29, 1.82) is 0 Å². The minimum Gasteiger partial charge on any atom is -0.382 e. The van der Waals surface area contributed by atoms with Gasteiger partial charge in [0.05, 0.1) is 0 Å². The largest absolute Gasteiger partial charge is 0.382 e. The predicted molar refractivity (Wildman–Crippen MR) is 82.3 cm³/mol. The first-order valence-corrected chi connectivity index (χ1v) is 8.11. The fourth-order valence-corrected chi connectivity index (χ4v) is 2.68. The smallest absolute Gasteiger partial charge is 0.195 e. The van der Waals surface area contributed by atoms with Crippen LogP contribution >= 0.6 is 11.8 Å². The van der Waals surface area contributed by atoms with Gasteiger partial charge in [0.15, 0.2) is 10.8 Å². The number of pyridine rings is 1. The Morgan fingerprint density at radius 1 is 1.25 bits per heavy atom. The summed E-state index contributed by atoms with van der Waals surface area (Å²) in [6.45, 7) is 5.76. The number of rotatable bonds is 10. The van der Waals surface area contributed by atoms with Crippen molar-refractivity contribution in [2.24, 2.45) is 0 Å². The Morgan fingerprint density at radius 2 is 2.20 bits per heavy atom. The highest BCUT2D eigenvalue weighted by Gasteiger charge is 2.03. The van der Waals surface area contributed by atoms with Gasteiger partial charge in [0, 0.05) is 31.7 Å². The number of ether oxygens (including phenoxy) is 1. The third-order valence-electron chi connectivity index (χ3n) is 2.89. The van der Waals surface area contributed by atoms with Gasteiger partial charge in [-0.2, -0.15) is 0 Å². The molecule has 0 aliphatic heterocycles. The summed E-state index contributed by atoms with van der Waals surface area (Å²) in [5, 5.41) is 12.7. The number of nitrogens with zero attached hydrogens (tertiary/aromatic N) is 3. The molecule has 0 saturated heterocycles. The molecule has 6 heteroatoms. The maximum atomic E-state index is 5.30. The molecule has 0 bridgehead atoms. The summed E-state index contributed by atoms with van der Waals surface area (Å²) in [5.41, 5.74) is 0.902. The number of thioether (sulfide) groups is 1. The second kappa shape index (κ2) is 8.94. The van der Waals surface area contributed by atoms with Gasteiger partial charge in [-0.1, -0.05) is 17.8 Å². The molecular formula is C14H22N4OS. The first kappa shape index (κ1) is 15.3. The highest BCUT2D eigenvalue weighted by molar-refractivity contribution is 7.99. The van der Waals surface area contributed by atoms with Crippen molar-refractivity contribution in [1.82, 2.24) is 19.9 Å². The molecule has 0 atom stereocenters. The molecule has 0 amide bonds. The Labute approximate surface area is 124 Å². The zero-order valence-electron chi connectivity index (χ0n) is 11.9. The summed E-state index contributed by atoms with van der Waals surface area (Å²) >= 11 is 1.73. The Balaban J connectivity index is 1.57. The monoisotopic (exact) mass is 294 g/mol. The van der Waals surface area contributed by atoms with Crippen LogP contribution in [0.15, 0.2) is 29.6 Å². The lowest BCUT2D eigenvalue weighted by Gasteiger charge is -2.04. The van der Waals surface area contributed by atoms with Crippen molar-refractivity contribution >= 4 is 17.4 Å². The third-order valence-corrected chi connectivity index (χ3v) is 3.83. The summed E-state index contributed by atoms with van der Waals surface area (Å²) in [5.74, 6) is 1.00. The van der Waals surface area contributed by atoms with Crippen LogP contribution in [-0.2, 0) is 4.74 Å². The fourth-order valence-electron chi connectivity index (χ4n) is 1.86. The van der Waals surface area contributed by atoms with E-state index in [1.807, 2.05) is 35.7 Å². The lowest BCUT2D eigenvalue weighted by molar-refractivity contribution is 0.143. The van der Waals surface area contributed by atoms with E-state index in [0.717, 1.165) is 49.3 Å². The van der Waals surface area contributed by atoms with E-state index in [-0.39, 0.29) is 0 Å². The van der Waals surface area contributed by atoms with E-state index in [1.54, 1.807) is 11.8 Å². The standard InChI is InChI=1S/C14H22N4OS/c1-2-19-11-6-4-8-15-9-12-20-14-17-16-13-7-3-5-10-18(13)14/h3,5,7,10,15H,2,4,6,8-9,11-12H2,1H3. The van der Waals surface area contributed by atoms with Gasteiger partial charge in [0.2, 0.25) is 0 Å². The summed E-state index contributed by atoms with van der Waals surface area (Å²) in [6, 6.07) is 5.94. The molecule has 0 aromatic carbocycles. The molecular weight excluding hydrogens is 272 g/mol. The van der Waals surface area contributed by atoms with Gasteiger partial charge < -0.3 is 10.1 Å². The minimum atomic E-state index is 0.816. The molecule has 0 unspecified atom stereocenters. The molecule has 2 aromatic heterocycles. The molecule has 2 heterocycles. The van der Waals surface area contributed by atoms with Crippen LogP contribution in [0.2, 0.25) is 0 Å². The van der Waals surface area contributed by atoms with Crippen LogP contribution in [0.5, 0.6) is 0 Å². The van der Waals surface area contributed by atoms with Gasteiger partial charge in [-0.3, -0.25) is 4.40 Å². The Bertz CT molecular complexity index is 503. The van der Waals surface area contributed by atoms with Crippen molar-refractivity contribution < 1.29 is 4.74 Å². The van der Waals surface area contributed by atoms with Gasteiger partial charge in [0.1, 0.15) is 0 Å². The molecule has 0 saturated carbocycles. The normalized spacial score (nSPS) is 11.2. The van der Waals surface area contributed by atoms with Crippen molar-refractivity contribution in [3.05, 3.63) is 24.4 Å². The van der Waals surface area contributed by atoms with Gasteiger partial charge in [-0.15, -0.1) is 10.2 Å². The molecule has 5 nitrogen and oxygen atoms in total. The van der Waals surface area contributed by atoms with Crippen molar-refractivity contribution in [2.45, 2.75) is 24.9 Å². The highest BCUT2D eigenvalue weighted by atomic mass is 32.2. The molecule has 0 aliphatic carbocycles. The molecule has 0 aliphatic rings. The van der Waals surface area contributed by atoms with E-state index < -0.39 is 0 Å². The van der Waals surface area contributed by atoms with Crippen LogP contribution in [0.1, 0.15) is 19.8 Å². The number of hydrogen-bond donors (Lipinski definition) is 1. The average molecular weight is 294 g/mol. The topological polar surface area (TPSA) is 51.5 Å². The number of unbranched alkanes of at least 4 members (excludes halogenated alkanes) is 1. The SMILES string of the molecule is CCOCCCCNCCSc1nnc2ccccn12. The van der Waals surface area contributed by atoms with Crippen LogP contribution in [-0.4, -0.2) is 46.7 Å². The number of hydrogen-bond acceptors (Lipinski definition) is 5. The van der Waals surface area contributed by atoms with Crippen molar-refractivity contribution in [3.8, 4) is 0 Å². The molecule has 0 fully saturated rings. The third kappa shape index (κ3) is 4.77. The second-order valence-electron chi connectivity index (χ2n) is 4.41. The van der Waals surface area contributed by atoms with Crippen LogP contribution < -0.4 is 5.32 Å². The fraction of sp³-hybridized carbons (Fsp3) is 0.571. The quantitative estimate of drug-likeness (QED) is 0.538. The number of nitrogens with one attached hydrogen (secondary N) is 1. The maximum absolute atomic E-state index is 5.30. The van der Waals surface area contributed by atoms with E-state index >= 15 is 0 Å². The molecule has 20 heavy (non-hydrogen) atoms. The zero-order valence-corrected chi connectivity index (χ0v) is 12.7. The van der Waals surface area contributed by atoms with E-state index in [4.69, 9.17) is 4.74 Å². The lowest BCUT2D eigenvalue weighted by atomic mass is 10.3. The van der Waals surface area contributed by atoms with Crippen LogP contribution in [0.25, 0.3) is 5.65 Å². The van der Waals surface area contributed by atoms with E-state index in [2.05, 4.69) is 15.5 Å². The second-order valence-corrected chi connectivity index (χ2v) is 5.48. The molecule has 110 valence electrons. The maximum Gasteiger partial charge on any atom is 0.195 e. The first-order chi connectivity index (χ1) is 9.92. The van der Waals surface area contributed by atoms with Gasteiger partial charge in [-0.25, -0.2) is 0 Å². The van der Waals surface area contributed by atoms with Crippen LogP contribution in [0, 0.1) is 0 Å². The van der Waals surface area contributed by atoms with Gasteiger partial charge in [-0.05, 0) is 38.4 Å². The predicted octanol–water partition coefficient (Wildman–Crippen LogP) is 2.23. The summed E-state index contributed by atoms with van der Waals surface area (Å²) in [6.07, 6.45) is 4.29. The van der Waals surface area contributed by atoms with Crippen LogP contribution in [0.4, 0.5) is 0 Å². The molecule has 2 rings (SSSR count). The molecule has 1 N–H and O–H groups in total. The molecule has 2 aromatic rings. The zero-order chi connectivity index (χ0) is 14.0. The summed E-state index contributed by atoms with van der Waals surface area (Å²) < 4.78 is 7.32. The van der Waals surface area contributed by atoms with E-state index in [9.17, 15) is 0 Å².